The third-order valence-corrected chi connectivity index (χ3v) is 2.35. The maximum Gasteiger partial charge on any atom is 0.229 e. The summed E-state index contributed by atoms with van der Waals surface area (Å²) >= 11 is 0. The third kappa shape index (κ3) is 1.44. The van der Waals surface area contributed by atoms with Crippen molar-refractivity contribution in [3.63, 3.8) is 0 Å². The molecule has 0 heterocycles. The van der Waals surface area contributed by atoms with E-state index in [-0.39, 0.29) is 17.8 Å². The molecule has 0 saturated heterocycles. The molecule has 0 atom stereocenters. The van der Waals surface area contributed by atoms with Gasteiger partial charge in [0, 0.05) is 11.1 Å². The quantitative estimate of drug-likeness (QED) is 0.506. The Labute approximate surface area is 85.8 Å². The van der Waals surface area contributed by atoms with E-state index in [1.54, 1.807) is 6.07 Å². The monoisotopic (exact) mass is 204 g/mol. The van der Waals surface area contributed by atoms with Gasteiger partial charge in [-0.2, -0.15) is 0 Å². The lowest BCUT2D eigenvalue weighted by Gasteiger charge is -2.13. The number of carbonyl (C=O) groups excluding carboxylic acids is 3. The second-order valence-corrected chi connectivity index (χ2v) is 3.26. The van der Waals surface area contributed by atoms with Crippen LogP contribution in [0.2, 0.25) is 0 Å². The maximum absolute atomic E-state index is 11.5. The Bertz CT molecular complexity index is 473. The summed E-state index contributed by atoms with van der Waals surface area (Å²) < 4.78 is 4.92. The fourth-order valence-electron chi connectivity index (χ4n) is 1.55. The lowest BCUT2D eigenvalue weighted by molar-refractivity contribution is -0.114. The number of rotatable bonds is 1. The summed E-state index contributed by atoms with van der Waals surface area (Å²) in [7, 11) is 1.46. The Morgan fingerprint density at radius 2 is 1.80 bits per heavy atom. The van der Waals surface area contributed by atoms with Crippen LogP contribution in [-0.4, -0.2) is 24.5 Å². The first-order chi connectivity index (χ1) is 7.13. The van der Waals surface area contributed by atoms with Gasteiger partial charge in [0.15, 0.2) is 5.78 Å². The number of ether oxygens (including phenoxy) is 1. The first-order valence-corrected chi connectivity index (χ1v) is 4.42. The lowest BCUT2D eigenvalue weighted by Crippen LogP contribution is -2.26. The SMILES string of the molecule is COc1ccc2c(c1)C(=O)C(=O)CC2=O. The lowest BCUT2D eigenvalue weighted by atomic mass is 9.88. The minimum absolute atomic E-state index is 0.149. The normalized spacial score (nSPS) is 15.1. The van der Waals surface area contributed by atoms with E-state index in [2.05, 4.69) is 0 Å². The van der Waals surface area contributed by atoms with Gasteiger partial charge >= 0.3 is 0 Å². The molecule has 76 valence electrons. The van der Waals surface area contributed by atoms with Crippen LogP contribution in [0.5, 0.6) is 5.75 Å². The molecule has 0 fully saturated rings. The summed E-state index contributed by atoms with van der Waals surface area (Å²) in [6.45, 7) is 0. The summed E-state index contributed by atoms with van der Waals surface area (Å²) in [6, 6.07) is 4.53. The van der Waals surface area contributed by atoms with Crippen molar-refractivity contribution < 1.29 is 19.1 Å². The fourth-order valence-corrected chi connectivity index (χ4v) is 1.55. The van der Waals surface area contributed by atoms with E-state index >= 15 is 0 Å². The average Bonchev–Trinajstić information content (AvgIpc) is 2.25. The van der Waals surface area contributed by atoms with Gasteiger partial charge in [-0.3, -0.25) is 14.4 Å². The molecule has 0 aromatic heterocycles. The van der Waals surface area contributed by atoms with E-state index in [0.29, 0.717) is 11.3 Å². The largest absolute Gasteiger partial charge is 0.497 e. The first kappa shape index (κ1) is 9.58. The Hall–Kier alpha value is -1.97. The van der Waals surface area contributed by atoms with E-state index in [4.69, 9.17) is 4.74 Å². The van der Waals surface area contributed by atoms with E-state index in [0.717, 1.165) is 0 Å². The zero-order valence-electron chi connectivity index (χ0n) is 8.07. The molecule has 1 aliphatic carbocycles. The minimum Gasteiger partial charge on any atom is -0.497 e. The molecule has 1 aromatic carbocycles. The Morgan fingerprint density at radius 3 is 2.47 bits per heavy atom. The van der Waals surface area contributed by atoms with Gasteiger partial charge in [-0.15, -0.1) is 0 Å². The van der Waals surface area contributed by atoms with Gasteiger partial charge in [-0.1, -0.05) is 0 Å². The highest BCUT2D eigenvalue weighted by atomic mass is 16.5. The standard InChI is InChI=1S/C11H8O4/c1-15-6-2-3-7-8(4-6)11(14)10(13)5-9(7)12/h2-4H,5H2,1H3. The molecule has 0 bridgehead atoms. The van der Waals surface area contributed by atoms with Crippen LogP contribution in [-0.2, 0) is 4.79 Å². The molecule has 0 N–H and O–H groups in total. The van der Waals surface area contributed by atoms with Gasteiger partial charge in [0.1, 0.15) is 5.75 Å². The van der Waals surface area contributed by atoms with E-state index in [9.17, 15) is 14.4 Å². The molecule has 0 aliphatic heterocycles. The molecule has 4 heteroatoms. The fraction of sp³-hybridized carbons (Fsp3) is 0.182. The molecular weight excluding hydrogens is 196 g/mol. The van der Waals surface area contributed by atoms with Crippen LogP contribution >= 0.6 is 0 Å². The van der Waals surface area contributed by atoms with Crippen molar-refractivity contribution in [1.29, 1.82) is 0 Å². The minimum atomic E-state index is -0.652. The van der Waals surface area contributed by atoms with Crippen LogP contribution in [0.1, 0.15) is 27.1 Å². The number of fused-ring (bicyclic) bond motifs is 1. The smallest absolute Gasteiger partial charge is 0.229 e. The van der Waals surface area contributed by atoms with Crippen molar-refractivity contribution in [2.45, 2.75) is 6.42 Å². The number of hydrogen-bond acceptors (Lipinski definition) is 4. The predicted octanol–water partition coefficient (Wildman–Crippen LogP) is 1.03. The molecule has 0 saturated carbocycles. The molecule has 0 spiro atoms. The topological polar surface area (TPSA) is 60.4 Å². The van der Waals surface area contributed by atoms with Crippen LogP contribution in [0.15, 0.2) is 18.2 Å². The second-order valence-electron chi connectivity index (χ2n) is 3.26. The molecular formula is C11H8O4. The number of methoxy groups -OCH3 is 1. The van der Waals surface area contributed by atoms with E-state index in [1.807, 2.05) is 0 Å². The highest BCUT2D eigenvalue weighted by molar-refractivity contribution is 6.50. The number of benzene rings is 1. The number of carbonyl (C=O) groups is 3. The number of hydrogen-bond donors (Lipinski definition) is 0. The summed E-state index contributed by atoms with van der Waals surface area (Å²) in [5.74, 6) is -1.11. The average molecular weight is 204 g/mol. The van der Waals surface area contributed by atoms with Crippen LogP contribution in [0, 0.1) is 0 Å². The second kappa shape index (κ2) is 3.31. The van der Waals surface area contributed by atoms with E-state index < -0.39 is 11.6 Å². The van der Waals surface area contributed by atoms with Crippen LogP contribution in [0.3, 0.4) is 0 Å². The van der Waals surface area contributed by atoms with Crippen molar-refractivity contribution in [3.05, 3.63) is 29.3 Å². The predicted molar refractivity (Wildman–Crippen MR) is 51.3 cm³/mol. The third-order valence-electron chi connectivity index (χ3n) is 2.35. The first-order valence-electron chi connectivity index (χ1n) is 4.42. The highest BCUT2D eigenvalue weighted by Crippen LogP contribution is 2.23. The van der Waals surface area contributed by atoms with Gasteiger partial charge in [0.2, 0.25) is 11.6 Å². The maximum atomic E-state index is 11.5. The summed E-state index contributed by atoms with van der Waals surface area (Å²) in [4.78, 5) is 34.1. The van der Waals surface area contributed by atoms with Crippen molar-refractivity contribution in [1.82, 2.24) is 0 Å². The highest BCUT2D eigenvalue weighted by Gasteiger charge is 2.30. The molecule has 0 radical (unpaired) electrons. The van der Waals surface area contributed by atoms with Gasteiger partial charge < -0.3 is 4.74 Å². The molecule has 15 heavy (non-hydrogen) atoms. The van der Waals surface area contributed by atoms with Gasteiger partial charge in [-0.05, 0) is 18.2 Å². The number of Topliss-reactive ketones (excluding diaryl/α,β-unsaturated/α-hetero) is 3. The number of ketones is 3. The van der Waals surface area contributed by atoms with Crippen LogP contribution < -0.4 is 4.74 Å². The zero-order chi connectivity index (χ0) is 11.0. The van der Waals surface area contributed by atoms with Crippen molar-refractivity contribution >= 4 is 17.3 Å². The molecule has 1 aromatic rings. The Balaban J connectivity index is 2.62. The molecule has 0 unspecified atom stereocenters. The van der Waals surface area contributed by atoms with E-state index in [1.165, 1.54) is 19.2 Å². The van der Waals surface area contributed by atoms with Crippen molar-refractivity contribution in [2.75, 3.05) is 7.11 Å². The zero-order valence-corrected chi connectivity index (χ0v) is 8.07. The summed E-state index contributed by atoms with van der Waals surface area (Å²) in [6.07, 6.45) is -0.321. The Kier molecular flexibility index (Phi) is 2.11. The molecule has 0 amide bonds. The van der Waals surface area contributed by atoms with Crippen LogP contribution in [0.4, 0.5) is 0 Å². The summed E-state index contributed by atoms with van der Waals surface area (Å²) in [5.41, 5.74) is 0.455. The molecule has 1 aliphatic rings. The van der Waals surface area contributed by atoms with Gasteiger partial charge in [0.05, 0.1) is 13.5 Å². The molecule has 2 rings (SSSR count). The van der Waals surface area contributed by atoms with Gasteiger partial charge in [0.25, 0.3) is 0 Å². The Morgan fingerprint density at radius 1 is 1.07 bits per heavy atom. The van der Waals surface area contributed by atoms with Crippen molar-refractivity contribution in [2.24, 2.45) is 0 Å². The summed E-state index contributed by atoms with van der Waals surface area (Å²) in [5, 5.41) is 0. The molecule has 4 nitrogen and oxygen atoms in total. The van der Waals surface area contributed by atoms with Crippen LogP contribution in [0.25, 0.3) is 0 Å². The van der Waals surface area contributed by atoms with Crippen molar-refractivity contribution in [3.8, 4) is 5.75 Å². The van der Waals surface area contributed by atoms with Gasteiger partial charge in [-0.25, -0.2) is 0 Å².